The van der Waals surface area contributed by atoms with Crippen molar-refractivity contribution in [3.8, 4) is 0 Å². The third-order valence-corrected chi connectivity index (χ3v) is 2.62. The summed E-state index contributed by atoms with van der Waals surface area (Å²) in [5, 5.41) is 2.88. The Morgan fingerprint density at radius 2 is 1.89 bits per heavy atom. The van der Waals surface area contributed by atoms with Gasteiger partial charge in [-0.1, -0.05) is 30.3 Å². The van der Waals surface area contributed by atoms with Crippen molar-refractivity contribution < 1.29 is 9.59 Å². The molecule has 1 atom stereocenters. The van der Waals surface area contributed by atoms with Crippen LogP contribution in [0.1, 0.15) is 5.56 Å². The highest BCUT2D eigenvalue weighted by Crippen LogP contribution is 2.02. The van der Waals surface area contributed by atoms with E-state index in [4.69, 9.17) is 5.73 Å². The second-order valence-corrected chi connectivity index (χ2v) is 4.31. The lowest BCUT2D eigenvalue weighted by molar-refractivity contribution is -0.128. The molecule has 0 spiro atoms. The van der Waals surface area contributed by atoms with Crippen LogP contribution < -0.4 is 11.1 Å². The molecule has 0 saturated heterocycles. The zero-order valence-corrected chi connectivity index (χ0v) is 10.7. The van der Waals surface area contributed by atoms with Gasteiger partial charge in [0.05, 0.1) is 12.6 Å². The van der Waals surface area contributed by atoms with Crippen molar-refractivity contribution in [1.29, 1.82) is 0 Å². The first-order chi connectivity index (χ1) is 8.50. The first kappa shape index (κ1) is 14.2. The van der Waals surface area contributed by atoms with Crippen LogP contribution in [0.4, 0.5) is 0 Å². The fraction of sp³-hybridized carbons (Fsp3) is 0.385. The van der Waals surface area contributed by atoms with E-state index in [0.717, 1.165) is 5.56 Å². The summed E-state index contributed by atoms with van der Waals surface area (Å²) in [6.45, 7) is 0.105. The molecule has 98 valence electrons. The lowest BCUT2D eigenvalue weighted by Gasteiger charge is -2.17. The van der Waals surface area contributed by atoms with Crippen LogP contribution in [0.25, 0.3) is 0 Å². The van der Waals surface area contributed by atoms with E-state index in [1.54, 1.807) is 14.1 Å². The summed E-state index contributed by atoms with van der Waals surface area (Å²) in [4.78, 5) is 24.2. The molecule has 1 rings (SSSR count). The molecule has 0 fully saturated rings. The number of rotatable bonds is 6. The van der Waals surface area contributed by atoms with Crippen molar-refractivity contribution >= 4 is 11.8 Å². The molecule has 0 bridgehead atoms. The molecule has 1 aromatic rings. The van der Waals surface area contributed by atoms with Gasteiger partial charge in [-0.25, -0.2) is 0 Å². The number of hydrogen-bond acceptors (Lipinski definition) is 3. The average Bonchev–Trinajstić information content (AvgIpc) is 2.34. The van der Waals surface area contributed by atoms with Crippen molar-refractivity contribution in [2.45, 2.75) is 12.5 Å². The minimum absolute atomic E-state index is 0.0886. The Kier molecular flexibility index (Phi) is 5.32. The van der Waals surface area contributed by atoms with Crippen molar-refractivity contribution in [2.75, 3.05) is 20.6 Å². The molecule has 0 aliphatic carbocycles. The summed E-state index contributed by atoms with van der Waals surface area (Å²) in [6, 6.07) is 9.02. The zero-order valence-electron chi connectivity index (χ0n) is 10.7. The first-order valence-corrected chi connectivity index (χ1v) is 5.77. The molecule has 0 heterocycles. The Hall–Kier alpha value is -1.88. The van der Waals surface area contributed by atoms with Crippen LogP contribution in [-0.2, 0) is 16.0 Å². The second-order valence-electron chi connectivity index (χ2n) is 4.31. The number of nitrogens with one attached hydrogen (secondary N) is 1. The van der Waals surface area contributed by atoms with E-state index >= 15 is 0 Å². The number of nitrogens with zero attached hydrogens (tertiary/aromatic N) is 1. The fourth-order valence-electron chi connectivity index (χ4n) is 1.49. The van der Waals surface area contributed by atoms with Gasteiger partial charge < -0.3 is 10.6 Å². The molecule has 0 radical (unpaired) electrons. The number of hydrogen-bond donors (Lipinski definition) is 2. The van der Waals surface area contributed by atoms with Gasteiger partial charge in [0.1, 0.15) is 0 Å². The van der Waals surface area contributed by atoms with Gasteiger partial charge in [0.2, 0.25) is 11.8 Å². The normalized spacial score (nSPS) is 11.9. The average molecular weight is 249 g/mol. The Labute approximate surface area is 107 Å². The molecular weight excluding hydrogens is 230 g/mol. The van der Waals surface area contributed by atoms with Crippen molar-refractivity contribution in [3.05, 3.63) is 35.9 Å². The van der Waals surface area contributed by atoms with Crippen LogP contribution in [0.15, 0.2) is 30.3 Å². The topological polar surface area (TPSA) is 75.4 Å². The molecule has 0 aliphatic rings. The quantitative estimate of drug-likeness (QED) is 0.730. The highest BCUT2D eigenvalue weighted by Gasteiger charge is 2.17. The third-order valence-electron chi connectivity index (χ3n) is 2.62. The highest BCUT2D eigenvalue weighted by molar-refractivity contribution is 5.82. The van der Waals surface area contributed by atoms with Crippen LogP contribution in [0.3, 0.4) is 0 Å². The molecule has 2 amide bonds. The number of carbonyl (C=O) groups is 2. The Bertz CT molecular complexity index is 404. The Morgan fingerprint density at radius 1 is 1.28 bits per heavy atom. The summed E-state index contributed by atoms with van der Waals surface area (Å²) < 4.78 is 0. The van der Waals surface area contributed by atoms with Crippen molar-refractivity contribution in [2.24, 2.45) is 5.73 Å². The lowest BCUT2D eigenvalue weighted by Crippen LogP contribution is -2.46. The SMILES string of the molecule is CN(C)C(=O)CNC(Cc1ccccc1)C(N)=O. The molecule has 1 aromatic carbocycles. The second kappa shape index (κ2) is 6.76. The summed E-state index contributed by atoms with van der Waals surface area (Å²) >= 11 is 0. The number of carbonyl (C=O) groups excluding carboxylic acids is 2. The summed E-state index contributed by atoms with van der Waals surface area (Å²) in [6.07, 6.45) is 0.483. The molecule has 0 saturated carbocycles. The van der Waals surface area contributed by atoms with E-state index in [0.29, 0.717) is 6.42 Å². The number of likely N-dealkylation sites (N-methyl/N-ethyl adjacent to an activating group) is 1. The maximum absolute atomic E-state index is 11.4. The van der Waals surface area contributed by atoms with E-state index in [1.165, 1.54) is 4.90 Å². The predicted octanol–water partition coefficient (Wildman–Crippen LogP) is -0.239. The lowest BCUT2D eigenvalue weighted by atomic mass is 10.1. The molecule has 3 N–H and O–H groups in total. The van der Waals surface area contributed by atoms with Crippen LogP contribution in [-0.4, -0.2) is 43.4 Å². The van der Waals surface area contributed by atoms with Crippen LogP contribution in [0, 0.1) is 0 Å². The van der Waals surface area contributed by atoms with E-state index < -0.39 is 11.9 Å². The molecule has 5 nitrogen and oxygen atoms in total. The minimum atomic E-state index is -0.531. The van der Waals surface area contributed by atoms with E-state index in [1.807, 2.05) is 30.3 Å². The minimum Gasteiger partial charge on any atom is -0.368 e. The monoisotopic (exact) mass is 249 g/mol. The molecule has 0 aliphatic heterocycles. The standard InChI is InChI=1S/C13H19N3O2/c1-16(2)12(17)9-15-11(13(14)18)8-10-6-4-3-5-7-10/h3-7,11,15H,8-9H2,1-2H3,(H2,14,18). The zero-order chi connectivity index (χ0) is 13.5. The number of primary amides is 1. The summed E-state index contributed by atoms with van der Waals surface area (Å²) in [5.74, 6) is -0.542. The van der Waals surface area contributed by atoms with Gasteiger partial charge in [0, 0.05) is 14.1 Å². The highest BCUT2D eigenvalue weighted by atomic mass is 16.2. The molecule has 18 heavy (non-hydrogen) atoms. The Balaban J connectivity index is 2.56. The van der Waals surface area contributed by atoms with Gasteiger partial charge in [-0.2, -0.15) is 0 Å². The largest absolute Gasteiger partial charge is 0.368 e. The maximum atomic E-state index is 11.4. The van der Waals surface area contributed by atoms with Gasteiger partial charge in [0.25, 0.3) is 0 Å². The summed E-state index contributed by atoms with van der Waals surface area (Å²) in [5.41, 5.74) is 6.33. The maximum Gasteiger partial charge on any atom is 0.236 e. The molecule has 1 unspecified atom stereocenters. The number of nitrogens with two attached hydrogens (primary N) is 1. The molecule has 0 aromatic heterocycles. The molecule has 5 heteroatoms. The van der Waals surface area contributed by atoms with E-state index in [-0.39, 0.29) is 12.5 Å². The van der Waals surface area contributed by atoms with E-state index in [2.05, 4.69) is 5.32 Å². The van der Waals surface area contributed by atoms with Crippen LogP contribution in [0.5, 0.6) is 0 Å². The smallest absolute Gasteiger partial charge is 0.236 e. The van der Waals surface area contributed by atoms with Gasteiger partial charge >= 0.3 is 0 Å². The van der Waals surface area contributed by atoms with Gasteiger partial charge in [-0.3, -0.25) is 14.9 Å². The first-order valence-electron chi connectivity index (χ1n) is 5.77. The predicted molar refractivity (Wildman–Crippen MR) is 69.8 cm³/mol. The van der Waals surface area contributed by atoms with Gasteiger partial charge in [0.15, 0.2) is 0 Å². The van der Waals surface area contributed by atoms with Crippen molar-refractivity contribution in [1.82, 2.24) is 10.2 Å². The summed E-state index contributed by atoms with van der Waals surface area (Å²) in [7, 11) is 3.33. The van der Waals surface area contributed by atoms with Crippen LogP contribution in [0.2, 0.25) is 0 Å². The van der Waals surface area contributed by atoms with E-state index in [9.17, 15) is 9.59 Å². The fourth-order valence-corrected chi connectivity index (χ4v) is 1.49. The van der Waals surface area contributed by atoms with Gasteiger partial charge in [-0.05, 0) is 12.0 Å². The van der Waals surface area contributed by atoms with Crippen LogP contribution >= 0.6 is 0 Å². The Morgan fingerprint density at radius 3 is 2.39 bits per heavy atom. The third kappa shape index (κ3) is 4.55. The van der Waals surface area contributed by atoms with Crippen molar-refractivity contribution in [3.63, 3.8) is 0 Å². The molecular formula is C13H19N3O2. The van der Waals surface area contributed by atoms with Gasteiger partial charge in [-0.15, -0.1) is 0 Å². The number of amides is 2. The number of benzene rings is 1.